The highest BCUT2D eigenvalue weighted by molar-refractivity contribution is 6.30. The number of carbonyl (C=O) groups excluding carboxylic acids is 1. The van der Waals surface area contributed by atoms with Crippen LogP contribution in [0.3, 0.4) is 0 Å². The third-order valence-electron chi connectivity index (χ3n) is 2.39. The fourth-order valence-corrected chi connectivity index (χ4v) is 2.03. The Balaban J connectivity index is 2.68. The van der Waals surface area contributed by atoms with E-state index in [9.17, 15) is 4.79 Å². The molecule has 0 unspecified atom stereocenters. The number of alkyl halides is 1. The normalized spacial score (nSPS) is 10.9. The minimum absolute atomic E-state index is 0.211. The predicted octanol–water partition coefficient (Wildman–Crippen LogP) is 2.61. The number of rotatable bonds is 3. The van der Waals surface area contributed by atoms with Crippen molar-refractivity contribution in [3.05, 3.63) is 28.2 Å². The minimum atomic E-state index is -0.458. The first-order valence-corrected chi connectivity index (χ1v) is 6.27. The van der Waals surface area contributed by atoms with E-state index in [4.69, 9.17) is 27.9 Å². The van der Waals surface area contributed by atoms with Gasteiger partial charge in [-0.15, -0.1) is 11.6 Å². The van der Waals surface area contributed by atoms with Gasteiger partial charge in [0.2, 0.25) is 0 Å². The molecule has 2 rings (SSSR count). The topological polar surface area (TPSA) is 56.5 Å². The number of hydrogen-bond acceptors (Lipinski definition) is 4. The molecule has 0 fully saturated rings. The summed E-state index contributed by atoms with van der Waals surface area (Å²) in [6.07, 6.45) is 0. The Morgan fingerprint density at radius 2 is 2.28 bits per heavy atom. The summed E-state index contributed by atoms with van der Waals surface area (Å²) in [4.78, 5) is 16.1. The van der Waals surface area contributed by atoms with Crippen LogP contribution in [-0.2, 0) is 10.6 Å². The molecule has 0 aliphatic heterocycles. The number of halogens is 2. The van der Waals surface area contributed by atoms with Crippen molar-refractivity contribution in [2.75, 3.05) is 6.61 Å². The molecule has 0 aliphatic carbocycles. The fourth-order valence-electron chi connectivity index (χ4n) is 1.64. The monoisotopic (exact) mass is 287 g/mol. The molecule has 0 bridgehead atoms. The van der Waals surface area contributed by atoms with Gasteiger partial charge in [-0.1, -0.05) is 11.6 Å². The summed E-state index contributed by atoms with van der Waals surface area (Å²) in [5, 5.41) is 4.53. The Morgan fingerprint density at radius 3 is 2.89 bits per heavy atom. The van der Waals surface area contributed by atoms with E-state index in [1.54, 1.807) is 19.9 Å². The molecule has 0 saturated heterocycles. The van der Waals surface area contributed by atoms with E-state index >= 15 is 0 Å². The summed E-state index contributed by atoms with van der Waals surface area (Å²) in [6.45, 7) is 3.74. The highest BCUT2D eigenvalue weighted by atomic mass is 35.5. The lowest BCUT2D eigenvalue weighted by molar-refractivity contribution is 0.0527. The minimum Gasteiger partial charge on any atom is -0.462 e. The van der Waals surface area contributed by atoms with Crippen LogP contribution in [0.15, 0.2) is 6.07 Å². The number of fused-ring (bicyclic) bond motifs is 1. The van der Waals surface area contributed by atoms with Crippen LogP contribution in [0.5, 0.6) is 0 Å². The summed E-state index contributed by atoms with van der Waals surface area (Å²) >= 11 is 11.8. The smallest absolute Gasteiger partial charge is 0.343 e. The number of aromatic nitrogens is 3. The first-order chi connectivity index (χ1) is 8.58. The standard InChI is InChI=1S/C11H11Cl2N3O2/c1-3-18-11(17)9-6(2)15-16-8(13)4-7(5-12)14-10(9)16/h4H,3,5H2,1-2H3. The number of nitrogens with zero attached hydrogens (tertiary/aromatic N) is 3. The number of carbonyl (C=O) groups is 1. The molecule has 96 valence electrons. The van der Waals surface area contributed by atoms with E-state index in [2.05, 4.69) is 10.1 Å². The SMILES string of the molecule is CCOC(=O)c1c(C)nn2c(Cl)cc(CCl)nc12. The molecule has 0 amide bonds. The molecule has 18 heavy (non-hydrogen) atoms. The van der Waals surface area contributed by atoms with Crippen molar-refractivity contribution in [3.8, 4) is 0 Å². The molecule has 7 heteroatoms. The van der Waals surface area contributed by atoms with Crippen molar-refractivity contribution in [3.63, 3.8) is 0 Å². The molecular weight excluding hydrogens is 277 g/mol. The van der Waals surface area contributed by atoms with E-state index in [-0.39, 0.29) is 5.88 Å². The lowest BCUT2D eigenvalue weighted by atomic mass is 10.2. The fraction of sp³-hybridized carbons (Fsp3) is 0.364. The van der Waals surface area contributed by atoms with Gasteiger partial charge in [-0.25, -0.2) is 14.3 Å². The zero-order chi connectivity index (χ0) is 13.3. The first-order valence-electron chi connectivity index (χ1n) is 5.36. The van der Waals surface area contributed by atoms with Gasteiger partial charge in [-0.3, -0.25) is 0 Å². The lowest BCUT2D eigenvalue weighted by Crippen LogP contribution is -2.07. The van der Waals surface area contributed by atoms with Crippen LogP contribution in [0.25, 0.3) is 5.65 Å². The molecular formula is C11H11Cl2N3O2. The van der Waals surface area contributed by atoms with E-state index in [1.807, 2.05) is 0 Å². The second-order valence-corrected chi connectivity index (χ2v) is 4.27. The maximum atomic E-state index is 11.9. The molecule has 2 aromatic heterocycles. The molecule has 0 atom stereocenters. The third-order valence-corrected chi connectivity index (χ3v) is 2.93. The summed E-state index contributed by atoms with van der Waals surface area (Å²) < 4.78 is 6.38. The highest BCUT2D eigenvalue weighted by Crippen LogP contribution is 2.20. The van der Waals surface area contributed by atoms with Gasteiger partial charge in [-0.2, -0.15) is 5.10 Å². The number of esters is 1. The average molecular weight is 288 g/mol. The number of ether oxygens (including phenoxy) is 1. The quantitative estimate of drug-likeness (QED) is 0.495. The largest absolute Gasteiger partial charge is 0.462 e. The summed E-state index contributed by atoms with van der Waals surface area (Å²) in [5.74, 6) is -0.247. The number of aryl methyl sites for hydroxylation is 1. The molecule has 2 aromatic rings. The van der Waals surface area contributed by atoms with Gasteiger partial charge in [0.15, 0.2) is 5.65 Å². The summed E-state index contributed by atoms with van der Waals surface area (Å²) in [7, 11) is 0. The maximum Gasteiger partial charge on any atom is 0.343 e. The highest BCUT2D eigenvalue weighted by Gasteiger charge is 2.21. The molecule has 5 nitrogen and oxygen atoms in total. The Kier molecular flexibility index (Phi) is 3.73. The Morgan fingerprint density at radius 1 is 1.56 bits per heavy atom. The van der Waals surface area contributed by atoms with Crippen LogP contribution < -0.4 is 0 Å². The molecule has 2 heterocycles. The predicted molar refractivity (Wildman–Crippen MR) is 68.2 cm³/mol. The van der Waals surface area contributed by atoms with Crippen LogP contribution in [0.1, 0.15) is 28.7 Å². The molecule has 0 radical (unpaired) electrons. The van der Waals surface area contributed by atoms with Gasteiger partial charge in [0.25, 0.3) is 0 Å². The van der Waals surface area contributed by atoms with Gasteiger partial charge in [0.1, 0.15) is 10.7 Å². The van der Waals surface area contributed by atoms with Crippen molar-refractivity contribution in [1.29, 1.82) is 0 Å². The van der Waals surface area contributed by atoms with E-state index in [0.717, 1.165) is 0 Å². The van der Waals surface area contributed by atoms with Gasteiger partial charge in [0, 0.05) is 0 Å². The van der Waals surface area contributed by atoms with Gasteiger partial charge in [0.05, 0.1) is 23.9 Å². The van der Waals surface area contributed by atoms with Gasteiger partial charge < -0.3 is 4.74 Å². The number of hydrogen-bond donors (Lipinski definition) is 0. The van der Waals surface area contributed by atoms with Crippen LogP contribution in [0.2, 0.25) is 5.15 Å². The van der Waals surface area contributed by atoms with Gasteiger partial charge >= 0.3 is 5.97 Å². The zero-order valence-electron chi connectivity index (χ0n) is 9.91. The van der Waals surface area contributed by atoms with E-state index < -0.39 is 5.97 Å². The molecule has 0 spiro atoms. The summed E-state index contributed by atoms with van der Waals surface area (Å²) in [6, 6.07) is 1.61. The van der Waals surface area contributed by atoms with Gasteiger partial charge in [-0.05, 0) is 19.9 Å². The third kappa shape index (κ3) is 2.15. The van der Waals surface area contributed by atoms with E-state index in [1.165, 1.54) is 4.52 Å². The second kappa shape index (κ2) is 5.12. The van der Waals surface area contributed by atoms with Crippen LogP contribution in [-0.4, -0.2) is 27.2 Å². The Labute approximate surface area is 114 Å². The van der Waals surface area contributed by atoms with Crippen molar-refractivity contribution >= 4 is 34.8 Å². The Bertz CT molecular complexity index is 610. The lowest BCUT2D eigenvalue weighted by Gasteiger charge is -2.02. The zero-order valence-corrected chi connectivity index (χ0v) is 11.4. The van der Waals surface area contributed by atoms with Crippen molar-refractivity contribution < 1.29 is 9.53 Å². The van der Waals surface area contributed by atoms with Crippen LogP contribution >= 0.6 is 23.2 Å². The molecule has 0 N–H and O–H groups in total. The van der Waals surface area contributed by atoms with Crippen LogP contribution in [0, 0.1) is 6.92 Å². The van der Waals surface area contributed by atoms with Crippen molar-refractivity contribution in [2.45, 2.75) is 19.7 Å². The second-order valence-electron chi connectivity index (χ2n) is 3.62. The molecule has 0 aliphatic rings. The summed E-state index contributed by atoms with van der Waals surface area (Å²) in [5.41, 5.74) is 1.80. The molecule has 0 saturated carbocycles. The van der Waals surface area contributed by atoms with Crippen molar-refractivity contribution in [2.24, 2.45) is 0 Å². The Hall–Kier alpha value is -1.33. The average Bonchev–Trinajstić information content (AvgIpc) is 2.66. The van der Waals surface area contributed by atoms with E-state index in [0.29, 0.717) is 34.4 Å². The first kappa shape index (κ1) is 13.1. The van der Waals surface area contributed by atoms with Crippen LogP contribution in [0.4, 0.5) is 0 Å². The molecule has 0 aromatic carbocycles. The van der Waals surface area contributed by atoms with Crippen molar-refractivity contribution in [1.82, 2.24) is 14.6 Å². The maximum absolute atomic E-state index is 11.9.